The number of alkyl halides is 3. The fourth-order valence-electron chi connectivity index (χ4n) is 0.611. The van der Waals surface area contributed by atoms with Gasteiger partial charge in [0.1, 0.15) is 12.2 Å². The molecule has 0 radical (unpaired) electrons. The van der Waals surface area contributed by atoms with Crippen molar-refractivity contribution < 1.29 is 69.4 Å². The van der Waals surface area contributed by atoms with Crippen molar-refractivity contribution in [1.29, 1.82) is 0 Å². The Kier molecular flexibility index (Phi) is 12.6. The van der Waals surface area contributed by atoms with E-state index in [4.69, 9.17) is 0 Å². The van der Waals surface area contributed by atoms with Gasteiger partial charge in [0, 0.05) is 0 Å². The van der Waals surface area contributed by atoms with Crippen molar-refractivity contribution in [2.24, 2.45) is 0 Å². The molecule has 0 unspecified atom stereocenters. The van der Waals surface area contributed by atoms with Crippen LogP contribution in [0.5, 0.6) is 0 Å². The van der Waals surface area contributed by atoms with Crippen LogP contribution >= 0.6 is 0 Å². The molecule has 19 heteroatoms. The maximum Gasteiger partial charge on any atom is 0.673 e. The molecule has 1 aromatic rings. The SMILES string of the molecule is FC(F)(F)Cc1ccco1.F[B-](F)(F)F.F[B-](F)(F)F.F[B-](F)(F)F. The van der Waals surface area contributed by atoms with E-state index in [-0.39, 0.29) is 5.76 Å². The van der Waals surface area contributed by atoms with Gasteiger partial charge in [0.15, 0.2) is 0 Å². The van der Waals surface area contributed by atoms with E-state index in [1.165, 1.54) is 18.4 Å². The molecule has 0 fully saturated rings. The summed E-state index contributed by atoms with van der Waals surface area (Å²) in [5, 5.41) is 0. The first-order valence-electron chi connectivity index (χ1n) is 5.29. The Morgan fingerprint density at radius 1 is 0.680 bits per heavy atom. The molecular weight excluding hydrogens is 405 g/mol. The minimum Gasteiger partial charge on any atom is -0.469 e. The van der Waals surface area contributed by atoms with Gasteiger partial charge < -0.3 is 56.2 Å². The molecule has 152 valence electrons. The molecule has 1 heterocycles. The fraction of sp³-hybridized carbons (Fsp3) is 0.333. The van der Waals surface area contributed by atoms with Crippen LogP contribution in [-0.2, 0) is 6.42 Å². The zero-order valence-corrected chi connectivity index (χ0v) is 11.2. The highest BCUT2D eigenvalue weighted by Gasteiger charge is 2.28. The van der Waals surface area contributed by atoms with Gasteiger partial charge in [-0.15, -0.1) is 0 Å². The minimum absolute atomic E-state index is 0.0486. The van der Waals surface area contributed by atoms with Crippen molar-refractivity contribution >= 4 is 21.8 Å². The van der Waals surface area contributed by atoms with Gasteiger partial charge in [0.05, 0.1) is 6.26 Å². The summed E-state index contributed by atoms with van der Waals surface area (Å²) < 4.78 is 156. The monoisotopic (exact) mass is 411 g/mol. The van der Waals surface area contributed by atoms with Crippen LogP contribution in [0.4, 0.5) is 65.0 Å². The largest absolute Gasteiger partial charge is 0.673 e. The van der Waals surface area contributed by atoms with Gasteiger partial charge >= 0.3 is 27.9 Å². The normalized spacial score (nSPS) is 12.0. The summed E-state index contributed by atoms with van der Waals surface area (Å²) in [4.78, 5) is 0. The molecule has 0 saturated heterocycles. The first kappa shape index (κ1) is 28.2. The van der Waals surface area contributed by atoms with E-state index < -0.39 is 34.4 Å². The zero-order chi connectivity index (χ0) is 21.1. The lowest BCUT2D eigenvalue weighted by molar-refractivity contribution is -0.130. The Morgan fingerprint density at radius 3 is 1.12 bits per heavy atom. The topological polar surface area (TPSA) is 13.1 Å². The Balaban J connectivity index is -0.000000279. The van der Waals surface area contributed by atoms with Crippen molar-refractivity contribution in [1.82, 2.24) is 0 Å². The molecule has 0 N–H and O–H groups in total. The van der Waals surface area contributed by atoms with Crippen LogP contribution < -0.4 is 0 Å². The molecule has 1 nitrogen and oxygen atoms in total. The molecular formula is C6H5B3F15O-3. The molecule has 0 saturated carbocycles. The number of hydrogen-bond acceptors (Lipinski definition) is 1. The molecule has 0 spiro atoms. The van der Waals surface area contributed by atoms with E-state index in [0.29, 0.717) is 0 Å². The van der Waals surface area contributed by atoms with Crippen LogP contribution in [0.25, 0.3) is 0 Å². The van der Waals surface area contributed by atoms with E-state index >= 15 is 0 Å². The first-order chi connectivity index (χ1) is 10.6. The third-order valence-electron chi connectivity index (χ3n) is 0.955. The molecule has 0 bridgehead atoms. The second kappa shape index (κ2) is 11.1. The van der Waals surface area contributed by atoms with Crippen molar-refractivity contribution in [3.63, 3.8) is 0 Å². The van der Waals surface area contributed by atoms with Crippen LogP contribution in [0.3, 0.4) is 0 Å². The van der Waals surface area contributed by atoms with Gasteiger partial charge in [-0.05, 0) is 12.1 Å². The van der Waals surface area contributed by atoms with Gasteiger partial charge in [-0.2, -0.15) is 13.2 Å². The smallest absolute Gasteiger partial charge is 0.469 e. The van der Waals surface area contributed by atoms with Crippen LogP contribution in [0, 0.1) is 0 Å². The van der Waals surface area contributed by atoms with Crippen molar-refractivity contribution in [3.8, 4) is 0 Å². The lowest BCUT2D eigenvalue weighted by Gasteiger charge is -2.01. The van der Waals surface area contributed by atoms with Gasteiger partial charge in [-0.25, -0.2) is 0 Å². The van der Waals surface area contributed by atoms with E-state index in [2.05, 4.69) is 4.42 Å². The number of halogens is 15. The molecule has 0 aliphatic heterocycles. The van der Waals surface area contributed by atoms with Crippen molar-refractivity contribution in [3.05, 3.63) is 24.2 Å². The Bertz CT molecular complexity index is 368. The second-order valence-electron chi connectivity index (χ2n) is 3.36. The first-order valence-corrected chi connectivity index (χ1v) is 5.29. The Morgan fingerprint density at radius 2 is 0.960 bits per heavy atom. The molecule has 25 heavy (non-hydrogen) atoms. The molecule has 1 aromatic heterocycles. The van der Waals surface area contributed by atoms with E-state index in [1.54, 1.807) is 0 Å². The zero-order valence-electron chi connectivity index (χ0n) is 11.2. The quantitative estimate of drug-likeness (QED) is 0.392. The summed E-state index contributed by atoms with van der Waals surface area (Å²) in [5.74, 6) is -0.0486. The standard InChI is InChI=1S/C6H5F3O.3BF4/c7-6(8,9)4-5-2-1-3-10-5;3*2-1(3,4)5/h1-3H,4H2;;;/q;3*-1. The molecule has 0 aromatic carbocycles. The summed E-state index contributed by atoms with van der Waals surface area (Å²) in [7, 11) is -18.0. The number of hydrogen-bond donors (Lipinski definition) is 0. The summed E-state index contributed by atoms with van der Waals surface area (Å²) >= 11 is 0. The molecule has 0 atom stereocenters. The fourth-order valence-corrected chi connectivity index (χ4v) is 0.611. The highest BCUT2D eigenvalue weighted by atomic mass is 19.5. The third-order valence-corrected chi connectivity index (χ3v) is 0.955. The number of rotatable bonds is 1. The van der Waals surface area contributed by atoms with E-state index in [9.17, 15) is 65.0 Å². The van der Waals surface area contributed by atoms with Crippen LogP contribution in [-0.4, -0.2) is 27.9 Å². The Hall–Kier alpha value is -1.58. The predicted molar refractivity (Wildman–Crippen MR) is 59.0 cm³/mol. The summed E-state index contributed by atoms with van der Waals surface area (Å²) in [6.07, 6.45) is -3.93. The highest BCUT2D eigenvalue weighted by Crippen LogP contribution is 2.20. The molecule has 1 rings (SSSR count). The maximum absolute atomic E-state index is 11.6. The van der Waals surface area contributed by atoms with Crippen molar-refractivity contribution in [2.75, 3.05) is 0 Å². The number of furan rings is 1. The maximum atomic E-state index is 11.6. The summed E-state index contributed by atoms with van der Waals surface area (Å²) in [5.41, 5.74) is 0. The lowest BCUT2D eigenvalue weighted by Crippen LogP contribution is -2.10. The van der Waals surface area contributed by atoms with E-state index in [0.717, 1.165) is 0 Å². The van der Waals surface area contributed by atoms with Crippen LogP contribution in [0.15, 0.2) is 22.8 Å². The van der Waals surface area contributed by atoms with Crippen LogP contribution in [0.1, 0.15) is 5.76 Å². The molecule has 0 aliphatic carbocycles. The average Bonchev–Trinajstić information content (AvgIpc) is 2.57. The van der Waals surface area contributed by atoms with Crippen LogP contribution in [0.2, 0.25) is 0 Å². The summed E-state index contributed by atoms with van der Waals surface area (Å²) in [6, 6.07) is 2.73. The van der Waals surface area contributed by atoms with Gasteiger partial charge in [0.2, 0.25) is 0 Å². The average molecular weight is 411 g/mol. The third kappa shape index (κ3) is 86.1. The highest BCUT2D eigenvalue weighted by molar-refractivity contribution is 6.50. The summed E-state index contributed by atoms with van der Waals surface area (Å²) in [6.45, 7) is 0. The molecule has 0 amide bonds. The second-order valence-corrected chi connectivity index (χ2v) is 3.36. The van der Waals surface area contributed by atoms with Gasteiger partial charge in [-0.1, -0.05) is 0 Å². The minimum atomic E-state index is -6.00. The van der Waals surface area contributed by atoms with Crippen molar-refractivity contribution in [2.45, 2.75) is 12.6 Å². The Labute approximate surface area is 129 Å². The predicted octanol–water partition coefficient (Wildman–Crippen LogP) is 6.28. The van der Waals surface area contributed by atoms with Gasteiger partial charge in [-0.3, -0.25) is 0 Å². The lowest BCUT2D eigenvalue weighted by atomic mass is 10.3. The van der Waals surface area contributed by atoms with Gasteiger partial charge in [0.25, 0.3) is 0 Å². The molecule has 0 aliphatic rings. The van der Waals surface area contributed by atoms with E-state index in [1.807, 2.05) is 0 Å².